The molecule has 26 heavy (non-hydrogen) atoms. The Morgan fingerprint density at radius 2 is 1.31 bits per heavy atom. The number of hydrogen-bond donors (Lipinski definition) is 2. The number of benzene rings is 3. The van der Waals surface area contributed by atoms with E-state index in [-0.39, 0.29) is 16.7 Å². The Morgan fingerprint density at radius 1 is 0.808 bits per heavy atom. The molecule has 3 aromatic rings. The quantitative estimate of drug-likeness (QED) is 0.671. The lowest BCUT2D eigenvalue weighted by Gasteiger charge is -2.18. The highest BCUT2D eigenvalue weighted by Gasteiger charge is 2.23. The molecule has 0 spiro atoms. The highest BCUT2D eigenvalue weighted by molar-refractivity contribution is 7.80. The van der Waals surface area contributed by atoms with E-state index in [4.69, 9.17) is 12.2 Å². The van der Waals surface area contributed by atoms with E-state index in [1.807, 2.05) is 60.7 Å². The number of thiocarbonyl (C=S) groups is 1. The summed E-state index contributed by atoms with van der Waals surface area (Å²) in [5, 5.41) is 5.44. The topological polar surface area (TPSA) is 41.1 Å². The predicted octanol–water partition coefficient (Wildman–Crippen LogP) is 4.47. The van der Waals surface area contributed by atoms with Crippen LogP contribution in [-0.2, 0) is 4.79 Å². The van der Waals surface area contributed by atoms with E-state index in [2.05, 4.69) is 10.6 Å². The number of para-hydroxylation sites is 1. The van der Waals surface area contributed by atoms with Crippen molar-refractivity contribution >= 4 is 28.9 Å². The monoisotopic (exact) mass is 364 g/mol. The number of anilines is 1. The van der Waals surface area contributed by atoms with Gasteiger partial charge in [0.15, 0.2) is 5.11 Å². The Balaban J connectivity index is 1.80. The predicted molar refractivity (Wildman–Crippen MR) is 105 cm³/mol. The van der Waals surface area contributed by atoms with E-state index in [0.717, 1.165) is 11.1 Å². The first-order chi connectivity index (χ1) is 12.6. The number of amides is 1. The maximum atomic E-state index is 13.7. The summed E-state index contributed by atoms with van der Waals surface area (Å²) in [5.74, 6) is -1.24. The molecule has 0 atom stereocenters. The van der Waals surface area contributed by atoms with Gasteiger partial charge in [-0.2, -0.15) is 0 Å². The molecule has 0 fully saturated rings. The van der Waals surface area contributed by atoms with E-state index in [9.17, 15) is 9.18 Å². The van der Waals surface area contributed by atoms with Crippen LogP contribution >= 0.6 is 12.2 Å². The van der Waals surface area contributed by atoms with Crippen molar-refractivity contribution in [1.29, 1.82) is 0 Å². The summed E-state index contributed by atoms with van der Waals surface area (Å²) in [6.07, 6.45) is 0. The van der Waals surface area contributed by atoms with Gasteiger partial charge in [0, 0.05) is 0 Å². The summed E-state index contributed by atoms with van der Waals surface area (Å²) in [7, 11) is 0. The molecule has 0 saturated heterocycles. The first kappa shape index (κ1) is 17.8. The molecular formula is C21H17FN2OS. The molecule has 0 aromatic heterocycles. The number of carbonyl (C=O) groups excluding carboxylic acids is 1. The average Bonchev–Trinajstić information content (AvgIpc) is 2.65. The third-order valence-corrected chi connectivity index (χ3v) is 4.09. The van der Waals surface area contributed by atoms with Gasteiger partial charge < -0.3 is 10.6 Å². The van der Waals surface area contributed by atoms with Crippen molar-refractivity contribution < 1.29 is 9.18 Å². The lowest BCUT2D eigenvalue weighted by molar-refractivity contribution is -0.120. The van der Waals surface area contributed by atoms with Gasteiger partial charge in [-0.1, -0.05) is 72.8 Å². The minimum atomic E-state index is -0.516. The Bertz CT molecular complexity index is 861. The summed E-state index contributed by atoms with van der Waals surface area (Å²) in [6, 6.07) is 25.1. The Labute approximate surface area is 156 Å². The van der Waals surface area contributed by atoms with Crippen molar-refractivity contribution in [2.24, 2.45) is 0 Å². The van der Waals surface area contributed by atoms with Crippen molar-refractivity contribution in [3.63, 3.8) is 0 Å². The summed E-state index contributed by atoms with van der Waals surface area (Å²) < 4.78 is 13.7. The molecule has 0 aliphatic carbocycles. The smallest absolute Gasteiger partial charge is 0.238 e. The summed E-state index contributed by atoms with van der Waals surface area (Å²) >= 11 is 5.18. The molecule has 0 aliphatic heterocycles. The number of nitrogens with one attached hydrogen (secondary N) is 2. The zero-order valence-corrected chi connectivity index (χ0v) is 14.7. The zero-order chi connectivity index (χ0) is 18.4. The van der Waals surface area contributed by atoms with E-state index >= 15 is 0 Å². The Hall–Kier alpha value is -3.05. The molecule has 0 heterocycles. The molecule has 3 nitrogen and oxygen atoms in total. The zero-order valence-electron chi connectivity index (χ0n) is 13.9. The first-order valence-corrected chi connectivity index (χ1v) is 8.52. The van der Waals surface area contributed by atoms with Crippen LogP contribution < -0.4 is 10.6 Å². The summed E-state index contributed by atoms with van der Waals surface area (Å²) in [4.78, 5) is 12.9. The van der Waals surface area contributed by atoms with Crippen LogP contribution in [0.5, 0.6) is 0 Å². The minimum Gasteiger partial charge on any atom is -0.330 e. The summed E-state index contributed by atoms with van der Waals surface area (Å²) in [5.41, 5.74) is 1.92. The van der Waals surface area contributed by atoms with Crippen molar-refractivity contribution in [3.8, 4) is 0 Å². The molecule has 0 bridgehead atoms. The molecule has 0 radical (unpaired) electrons. The second kappa shape index (κ2) is 8.36. The molecular weight excluding hydrogens is 347 g/mol. The second-order valence-corrected chi connectivity index (χ2v) is 6.09. The van der Waals surface area contributed by atoms with Crippen molar-refractivity contribution in [3.05, 3.63) is 102 Å². The van der Waals surface area contributed by atoms with E-state index < -0.39 is 11.7 Å². The van der Waals surface area contributed by atoms with Gasteiger partial charge in [-0.3, -0.25) is 4.79 Å². The average molecular weight is 364 g/mol. The van der Waals surface area contributed by atoms with Gasteiger partial charge in [0.05, 0.1) is 11.6 Å². The fourth-order valence-corrected chi connectivity index (χ4v) is 2.90. The third-order valence-electron chi connectivity index (χ3n) is 3.89. The maximum absolute atomic E-state index is 13.7. The van der Waals surface area contributed by atoms with Gasteiger partial charge >= 0.3 is 0 Å². The number of rotatable bonds is 4. The molecule has 3 rings (SSSR count). The molecule has 0 unspecified atom stereocenters. The molecule has 0 saturated carbocycles. The van der Waals surface area contributed by atoms with Crippen molar-refractivity contribution in [2.45, 2.75) is 5.92 Å². The van der Waals surface area contributed by atoms with E-state index in [0.29, 0.717) is 0 Å². The summed E-state index contributed by atoms with van der Waals surface area (Å²) in [6.45, 7) is 0. The van der Waals surface area contributed by atoms with Gasteiger partial charge in [0.1, 0.15) is 5.82 Å². The van der Waals surface area contributed by atoms with Gasteiger partial charge in [0.25, 0.3) is 0 Å². The van der Waals surface area contributed by atoms with Crippen molar-refractivity contribution in [2.75, 3.05) is 5.32 Å². The lowest BCUT2D eigenvalue weighted by atomic mass is 9.90. The number of carbonyl (C=O) groups is 1. The molecule has 0 aliphatic rings. The SMILES string of the molecule is O=C(NC(=S)Nc1ccccc1F)C(c1ccccc1)c1ccccc1. The van der Waals surface area contributed by atoms with Gasteiger partial charge in [0.2, 0.25) is 5.91 Å². The van der Waals surface area contributed by atoms with Gasteiger partial charge in [-0.05, 0) is 35.5 Å². The fourth-order valence-electron chi connectivity index (χ4n) is 2.69. The minimum absolute atomic E-state index is 0.0527. The van der Waals surface area contributed by atoms with E-state index in [1.54, 1.807) is 18.2 Å². The normalized spacial score (nSPS) is 10.4. The van der Waals surface area contributed by atoms with Crippen LogP contribution in [0.25, 0.3) is 0 Å². The van der Waals surface area contributed by atoms with Crippen LogP contribution in [0.1, 0.15) is 17.0 Å². The molecule has 5 heteroatoms. The van der Waals surface area contributed by atoms with E-state index in [1.165, 1.54) is 6.07 Å². The molecule has 3 aromatic carbocycles. The van der Waals surface area contributed by atoms with Crippen LogP contribution in [0.15, 0.2) is 84.9 Å². The van der Waals surface area contributed by atoms with Gasteiger partial charge in [-0.15, -0.1) is 0 Å². The Kier molecular flexibility index (Phi) is 5.71. The second-order valence-electron chi connectivity index (χ2n) is 5.68. The molecule has 2 N–H and O–H groups in total. The first-order valence-electron chi connectivity index (χ1n) is 8.11. The lowest BCUT2D eigenvalue weighted by Crippen LogP contribution is -2.38. The highest BCUT2D eigenvalue weighted by atomic mass is 32.1. The number of halogens is 1. The van der Waals surface area contributed by atoms with Crippen LogP contribution in [0.4, 0.5) is 10.1 Å². The van der Waals surface area contributed by atoms with Crippen LogP contribution in [0.2, 0.25) is 0 Å². The van der Waals surface area contributed by atoms with Gasteiger partial charge in [-0.25, -0.2) is 4.39 Å². The Morgan fingerprint density at radius 3 is 1.85 bits per heavy atom. The third kappa shape index (κ3) is 4.32. The van der Waals surface area contributed by atoms with Crippen LogP contribution in [0.3, 0.4) is 0 Å². The standard InChI is InChI=1S/C21H17FN2OS/c22-17-13-7-8-14-18(17)23-21(26)24-20(25)19(15-9-3-1-4-10-15)16-11-5-2-6-12-16/h1-14,19H,(H2,23,24,25,26). The maximum Gasteiger partial charge on any atom is 0.238 e. The largest absolute Gasteiger partial charge is 0.330 e. The van der Waals surface area contributed by atoms with Crippen LogP contribution in [0, 0.1) is 5.82 Å². The van der Waals surface area contributed by atoms with Crippen LogP contribution in [-0.4, -0.2) is 11.0 Å². The highest BCUT2D eigenvalue weighted by Crippen LogP contribution is 2.24. The number of hydrogen-bond acceptors (Lipinski definition) is 2. The van der Waals surface area contributed by atoms with Crippen molar-refractivity contribution in [1.82, 2.24) is 5.32 Å². The molecule has 1 amide bonds. The fraction of sp³-hybridized carbons (Fsp3) is 0.0476. The molecule has 130 valence electrons.